The molecule has 0 amide bonds. The number of likely N-dealkylation sites (N-methyl/N-ethyl adjacent to an activating group) is 1. The van der Waals surface area contributed by atoms with Gasteiger partial charge in [-0.3, -0.25) is 0 Å². The molecule has 0 bridgehead atoms. The predicted molar refractivity (Wildman–Crippen MR) is 89.9 cm³/mol. The molecule has 0 aliphatic heterocycles. The number of anilines is 1. The highest BCUT2D eigenvalue weighted by molar-refractivity contribution is 7.09. The van der Waals surface area contributed by atoms with Crippen LogP contribution in [0.4, 0.5) is 5.82 Å². The van der Waals surface area contributed by atoms with Crippen LogP contribution < -0.4 is 10.2 Å². The zero-order valence-electron chi connectivity index (χ0n) is 13.3. The van der Waals surface area contributed by atoms with Crippen LogP contribution in [0.5, 0.6) is 0 Å². The summed E-state index contributed by atoms with van der Waals surface area (Å²) in [5, 5.41) is 14.1. The molecule has 0 unspecified atom stereocenters. The van der Waals surface area contributed by atoms with E-state index in [0.717, 1.165) is 31.0 Å². The minimum Gasteiger partial charge on any atom is -0.358 e. The van der Waals surface area contributed by atoms with E-state index in [1.165, 1.54) is 4.88 Å². The minimum atomic E-state index is 0.0951. The molecule has 0 saturated heterocycles. The van der Waals surface area contributed by atoms with E-state index in [1.54, 1.807) is 11.3 Å². The number of aromatic nitrogens is 2. The fourth-order valence-electron chi connectivity index (χ4n) is 1.85. The summed E-state index contributed by atoms with van der Waals surface area (Å²) < 4.78 is 0. The van der Waals surface area contributed by atoms with Crippen LogP contribution in [0, 0.1) is 0 Å². The van der Waals surface area contributed by atoms with Crippen LogP contribution >= 0.6 is 11.3 Å². The molecular formula is C16H24N4S. The maximum absolute atomic E-state index is 4.32. The Morgan fingerprint density at radius 1 is 1.19 bits per heavy atom. The van der Waals surface area contributed by atoms with Crippen molar-refractivity contribution in [3.63, 3.8) is 0 Å². The Morgan fingerprint density at radius 2 is 2.00 bits per heavy atom. The normalized spacial score (nSPS) is 11.6. The largest absolute Gasteiger partial charge is 0.358 e. The molecule has 0 aliphatic carbocycles. The van der Waals surface area contributed by atoms with Gasteiger partial charge in [-0.1, -0.05) is 6.07 Å². The number of nitrogens with one attached hydrogen (secondary N) is 1. The first-order valence-corrected chi connectivity index (χ1v) is 8.13. The standard InChI is InChI=1S/C16H24N4S/c1-16(2,3)17-12-13-7-8-15(19-18-13)20(4)10-9-14-6-5-11-21-14/h5-8,11,17H,9-10,12H2,1-4H3. The molecule has 2 heterocycles. The molecule has 0 spiro atoms. The van der Waals surface area contributed by atoms with Crippen molar-refractivity contribution in [2.75, 3.05) is 18.5 Å². The van der Waals surface area contributed by atoms with Crippen molar-refractivity contribution in [3.8, 4) is 0 Å². The molecule has 21 heavy (non-hydrogen) atoms. The first-order valence-electron chi connectivity index (χ1n) is 7.25. The van der Waals surface area contributed by atoms with Gasteiger partial charge in [-0.2, -0.15) is 5.10 Å². The Hall–Kier alpha value is -1.46. The second-order valence-corrected chi connectivity index (χ2v) is 7.27. The average molecular weight is 304 g/mol. The van der Waals surface area contributed by atoms with Crippen molar-refractivity contribution < 1.29 is 0 Å². The van der Waals surface area contributed by atoms with Crippen LogP contribution in [0.15, 0.2) is 29.6 Å². The van der Waals surface area contributed by atoms with Gasteiger partial charge in [0.25, 0.3) is 0 Å². The van der Waals surface area contributed by atoms with Crippen molar-refractivity contribution in [1.29, 1.82) is 0 Å². The summed E-state index contributed by atoms with van der Waals surface area (Å²) in [5.41, 5.74) is 1.07. The number of hydrogen-bond donors (Lipinski definition) is 1. The molecule has 0 atom stereocenters. The second kappa shape index (κ2) is 7.00. The summed E-state index contributed by atoms with van der Waals surface area (Å²) in [6.45, 7) is 8.14. The lowest BCUT2D eigenvalue weighted by Crippen LogP contribution is -2.35. The number of nitrogens with zero attached hydrogens (tertiary/aromatic N) is 3. The molecule has 0 saturated carbocycles. The third kappa shape index (κ3) is 5.44. The number of hydrogen-bond acceptors (Lipinski definition) is 5. The van der Waals surface area contributed by atoms with Gasteiger partial charge in [0.15, 0.2) is 5.82 Å². The maximum Gasteiger partial charge on any atom is 0.150 e. The zero-order valence-corrected chi connectivity index (χ0v) is 14.1. The number of thiophene rings is 1. The Balaban J connectivity index is 1.86. The lowest BCUT2D eigenvalue weighted by atomic mass is 10.1. The van der Waals surface area contributed by atoms with Crippen LogP contribution in [0.3, 0.4) is 0 Å². The molecule has 0 aliphatic rings. The van der Waals surface area contributed by atoms with Crippen LogP contribution in [-0.2, 0) is 13.0 Å². The molecule has 5 heteroatoms. The van der Waals surface area contributed by atoms with Crippen LogP contribution in [-0.4, -0.2) is 29.3 Å². The molecule has 2 aromatic heterocycles. The van der Waals surface area contributed by atoms with Crippen LogP contribution in [0.1, 0.15) is 31.3 Å². The van der Waals surface area contributed by atoms with Crippen LogP contribution in [0.2, 0.25) is 0 Å². The highest BCUT2D eigenvalue weighted by atomic mass is 32.1. The van der Waals surface area contributed by atoms with Gasteiger partial charge in [-0.15, -0.1) is 16.4 Å². The Morgan fingerprint density at radius 3 is 2.57 bits per heavy atom. The summed E-state index contributed by atoms with van der Waals surface area (Å²) in [6, 6.07) is 8.35. The minimum absolute atomic E-state index is 0.0951. The van der Waals surface area contributed by atoms with Gasteiger partial charge in [-0.25, -0.2) is 0 Å². The van der Waals surface area contributed by atoms with E-state index in [4.69, 9.17) is 0 Å². The lowest BCUT2D eigenvalue weighted by molar-refractivity contribution is 0.420. The molecule has 114 valence electrons. The van der Waals surface area contributed by atoms with Crippen molar-refractivity contribution >= 4 is 17.2 Å². The van der Waals surface area contributed by atoms with E-state index in [2.05, 4.69) is 65.7 Å². The van der Waals surface area contributed by atoms with E-state index < -0.39 is 0 Å². The predicted octanol–water partition coefficient (Wildman–Crippen LogP) is 3.11. The summed E-state index contributed by atoms with van der Waals surface area (Å²) in [4.78, 5) is 3.55. The van der Waals surface area contributed by atoms with Gasteiger partial charge >= 0.3 is 0 Å². The molecule has 2 rings (SSSR count). The van der Waals surface area contributed by atoms with Gasteiger partial charge in [-0.05, 0) is 50.8 Å². The molecule has 0 aromatic carbocycles. The van der Waals surface area contributed by atoms with E-state index in [-0.39, 0.29) is 5.54 Å². The molecule has 0 radical (unpaired) electrons. The molecule has 2 aromatic rings. The number of rotatable bonds is 6. The molecule has 1 N–H and O–H groups in total. The lowest BCUT2D eigenvalue weighted by Gasteiger charge is -2.20. The van der Waals surface area contributed by atoms with Gasteiger partial charge in [0.2, 0.25) is 0 Å². The van der Waals surface area contributed by atoms with Gasteiger partial charge in [0.1, 0.15) is 0 Å². The summed E-state index contributed by atoms with van der Waals surface area (Å²) in [7, 11) is 2.06. The Labute approximate surface area is 131 Å². The fraction of sp³-hybridized carbons (Fsp3) is 0.500. The summed E-state index contributed by atoms with van der Waals surface area (Å²) >= 11 is 1.80. The average Bonchev–Trinajstić information content (AvgIpc) is 2.95. The third-order valence-corrected chi connectivity index (χ3v) is 4.11. The summed E-state index contributed by atoms with van der Waals surface area (Å²) in [6.07, 6.45) is 1.04. The fourth-order valence-corrected chi connectivity index (χ4v) is 2.55. The van der Waals surface area contributed by atoms with Crippen molar-refractivity contribution in [2.24, 2.45) is 0 Å². The van der Waals surface area contributed by atoms with Gasteiger partial charge in [0.05, 0.1) is 5.69 Å². The monoisotopic (exact) mass is 304 g/mol. The Bertz CT molecular complexity index is 528. The maximum atomic E-state index is 4.32. The van der Waals surface area contributed by atoms with E-state index >= 15 is 0 Å². The van der Waals surface area contributed by atoms with Crippen molar-refractivity contribution in [3.05, 3.63) is 40.2 Å². The quantitative estimate of drug-likeness (QED) is 0.890. The van der Waals surface area contributed by atoms with Gasteiger partial charge < -0.3 is 10.2 Å². The zero-order chi connectivity index (χ0) is 15.3. The third-order valence-electron chi connectivity index (χ3n) is 3.17. The second-order valence-electron chi connectivity index (χ2n) is 6.24. The first-order chi connectivity index (χ1) is 9.94. The summed E-state index contributed by atoms with van der Waals surface area (Å²) in [5.74, 6) is 0.922. The van der Waals surface area contributed by atoms with Crippen molar-refractivity contribution in [1.82, 2.24) is 15.5 Å². The smallest absolute Gasteiger partial charge is 0.150 e. The SMILES string of the molecule is CN(CCc1cccs1)c1ccc(CNC(C)(C)C)nn1. The van der Waals surface area contributed by atoms with Gasteiger partial charge in [0, 0.05) is 30.6 Å². The van der Waals surface area contributed by atoms with E-state index in [1.807, 2.05) is 12.1 Å². The van der Waals surface area contributed by atoms with Crippen molar-refractivity contribution in [2.45, 2.75) is 39.3 Å². The molecule has 4 nitrogen and oxygen atoms in total. The van der Waals surface area contributed by atoms with E-state index in [9.17, 15) is 0 Å². The molecular weight excluding hydrogens is 280 g/mol. The van der Waals surface area contributed by atoms with Crippen LogP contribution in [0.25, 0.3) is 0 Å². The topological polar surface area (TPSA) is 41.0 Å². The van der Waals surface area contributed by atoms with E-state index in [0.29, 0.717) is 0 Å². The highest BCUT2D eigenvalue weighted by Crippen LogP contribution is 2.13. The highest BCUT2D eigenvalue weighted by Gasteiger charge is 2.10. The molecule has 0 fully saturated rings. The first kappa shape index (κ1) is 15.9. The Kier molecular flexibility index (Phi) is 5.31.